The number of benzene rings is 1. The van der Waals surface area contributed by atoms with Crippen LogP contribution in [0.2, 0.25) is 0 Å². The number of rotatable bonds is 6. The van der Waals surface area contributed by atoms with Gasteiger partial charge in [-0.25, -0.2) is 0 Å². The number of ether oxygens (including phenoxy) is 2. The quantitative estimate of drug-likeness (QED) is 0.737. The molecular formula is C12H17NO3. The number of carbonyl (C=O) groups is 1. The van der Waals surface area contributed by atoms with Crippen LogP contribution < -0.4 is 5.32 Å². The van der Waals surface area contributed by atoms with Gasteiger partial charge in [0.05, 0.1) is 13.2 Å². The molecule has 4 nitrogen and oxygen atoms in total. The fraction of sp³-hybridized carbons (Fsp3) is 0.417. The standard InChI is InChI=1S/C12H17NO3/c1-15-8-7-13-12(14)11-5-3-10(4-6-11)9-16-2/h3-6H,7-9H2,1-2H3,(H,13,14). The molecule has 0 saturated carbocycles. The van der Waals surface area contributed by atoms with Gasteiger partial charge in [-0.05, 0) is 17.7 Å². The summed E-state index contributed by atoms with van der Waals surface area (Å²) in [6.45, 7) is 1.61. The molecule has 1 aromatic carbocycles. The van der Waals surface area contributed by atoms with Gasteiger partial charge in [-0.1, -0.05) is 12.1 Å². The maximum Gasteiger partial charge on any atom is 0.251 e. The van der Waals surface area contributed by atoms with Crippen molar-refractivity contribution in [2.24, 2.45) is 0 Å². The Balaban J connectivity index is 2.49. The number of hydrogen-bond donors (Lipinski definition) is 1. The molecule has 0 radical (unpaired) electrons. The maximum absolute atomic E-state index is 11.6. The molecule has 1 rings (SSSR count). The Kier molecular flexibility index (Phi) is 5.53. The molecule has 0 aliphatic rings. The first-order chi connectivity index (χ1) is 7.77. The highest BCUT2D eigenvalue weighted by Crippen LogP contribution is 2.05. The lowest BCUT2D eigenvalue weighted by Gasteiger charge is -2.05. The fourth-order valence-electron chi connectivity index (χ4n) is 1.29. The van der Waals surface area contributed by atoms with E-state index >= 15 is 0 Å². The van der Waals surface area contributed by atoms with Crippen LogP contribution in [0.15, 0.2) is 24.3 Å². The average molecular weight is 223 g/mol. The van der Waals surface area contributed by atoms with Gasteiger partial charge in [-0.15, -0.1) is 0 Å². The van der Waals surface area contributed by atoms with E-state index in [-0.39, 0.29) is 5.91 Å². The molecule has 0 atom stereocenters. The van der Waals surface area contributed by atoms with Crippen molar-refractivity contribution in [1.29, 1.82) is 0 Å². The number of nitrogens with one attached hydrogen (secondary N) is 1. The Hall–Kier alpha value is -1.39. The van der Waals surface area contributed by atoms with E-state index in [4.69, 9.17) is 9.47 Å². The highest BCUT2D eigenvalue weighted by atomic mass is 16.5. The summed E-state index contributed by atoms with van der Waals surface area (Å²) < 4.78 is 9.84. The van der Waals surface area contributed by atoms with Crippen LogP contribution in [0.25, 0.3) is 0 Å². The molecule has 16 heavy (non-hydrogen) atoms. The van der Waals surface area contributed by atoms with Crippen LogP contribution >= 0.6 is 0 Å². The zero-order valence-electron chi connectivity index (χ0n) is 9.66. The van der Waals surface area contributed by atoms with E-state index in [9.17, 15) is 4.79 Å². The van der Waals surface area contributed by atoms with Crippen LogP contribution in [-0.2, 0) is 16.1 Å². The van der Waals surface area contributed by atoms with E-state index in [2.05, 4.69) is 5.32 Å². The number of carbonyl (C=O) groups excluding carboxylic acids is 1. The van der Waals surface area contributed by atoms with Crippen molar-refractivity contribution in [3.8, 4) is 0 Å². The van der Waals surface area contributed by atoms with Crippen molar-refractivity contribution in [2.75, 3.05) is 27.4 Å². The molecule has 0 unspecified atom stereocenters. The molecule has 0 bridgehead atoms. The minimum Gasteiger partial charge on any atom is -0.383 e. The molecule has 0 spiro atoms. The van der Waals surface area contributed by atoms with Crippen molar-refractivity contribution in [3.05, 3.63) is 35.4 Å². The highest BCUT2D eigenvalue weighted by Gasteiger charge is 2.03. The summed E-state index contributed by atoms with van der Waals surface area (Å²) >= 11 is 0. The lowest BCUT2D eigenvalue weighted by Crippen LogP contribution is -2.26. The largest absolute Gasteiger partial charge is 0.383 e. The predicted molar refractivity (Wildman–Crippen MR) is 61.4 cm³/mol. The van der Waals surface area contributed by atoms with E-state index < -0.39 is 0 Å². The SMILES string of the molecule is COCCNC(=O)c1ccc(COC)cc1. The van der Waals surface area contributed by atoms with Crippen LogP contribution in [-0.4, -0.2) is 33.3 Å². The van der Waals surface area contributed by atoms with Crippen LogP contribution in [0, 0.1) is 0 Å². The third-order valence-corrected chi connectivity index (χ3v) is 2.12. The Morgan fingerprint density at radius 3 is 2.44 bits per heavy atom. The zero-order chi connectivity index (χ0) is 11.8. The minimum absolute atomic E-state index is 0.0824. The summed E-state index contributed by atoms with van der Waals surface area (Å²) in [5.41, 5.74) is 1.70. The lowest BCUT2D eigenvalue weighted by molar-refractivity contribution is 0.0937. The summed E-state index contributed by atoms with van der Waals surface area (Å²) in [6.07, 6.45) is 0. The van der Waals surface area contributed by atoms with Crippen molar-refractivity contribution in [2.45, 2.75) is 6.61 Å². The molecule has 1 N–H and O–H groups in total. The number of hydrogen-bond acceptors (Lipinski definition) is 3. The van der Waals surface area contributed by atoms with E-state index in [1.165, 1.54) is 0 Å². The Morgan fingerprint density at radius 2 is 1.88 bits per heavy atom. The Morgan fingerprint density at radius 1 is 1.19 bits per heavy atom. The van der Waals surface area contributed by atoms with Crippen LogP contribution in [0.4, 0.5) is 0 Å². The molecule has 0 aliphatic carbocycles. The second kappa shape index (κ2) is 6.98. The van der Waals surface area contributed by atoms with Gasteiger partial charge in [-0.2, -0.15) is 0 Å². The molecule has 0 aromatic heterocycles. The van der Waals surface area contributed by atoms with E-state index in [0.29, 0.717) is 25.3 Å². The molecular weight excluding hydrogens is 206 g/mol. The van der Waals surface area contributed by atoms with Crippen LogP contribution in [0.1, 0.15) is 15.9 Å². The van der Waals surface area contributed by atoms with Gasteiger partial charge >= 0.3 is 0 Å². The maximum atomic E-state index is 11.6. The zero-order valence-corrected chi connectivity index (χ0v) is 9.66. The summed E-state index contributed by atoms with van der Waals surface area (Å²) in [5, 5.41) is 2.76. The summed E-state index contributed by atoms with van der Waals surface area (Å²) in [6, 6.07) is 7.34. The van der Waals surface area contributed by atoms with Crippen LogP contribution in [0.5, 0.6) is 0 Å². The number of amides is 1. The van der Waals surface area contributed by atoms with E-state index in [0.717, 1.165) is 5.56 Å². The molecule has 0 heterocycles. The van der Waals surface area contributed by atoms with Crippen molar-refractivity contribution in [3.63, 3.8) is 0 Å². The third kappa shape index (κ3) is 4.00. The minimum atomic E-state index is -0.0824. The molecule has 0 saturated heterocycles. The summed E-state index contributed by atoms with van der Waals surface area (Å²) in [5.74, 6) is -0.0824. The topological polar surface area (TPSA) is 47.6 Å². The van der Waals surface area contributed by atoms with E-state index in [1.807, 2.05) is 12.1 Å². The Labute approximate surface area is 95.6 Å². The normalized spacial score (nSPS) is 10.1. The van der Waals surface area contributed by atoms with Crippen molar-refractivity contribution in [1.82, 2.24) is 5.32 Å². The lowest BCUT2D eigenvalue weighted by atomic mass is 10.1. The first kappa shape index (κ1) is 12.7. The smallest absolute Gasteiger partial charge is 0.251 e. The number of methoxy groups -OCH3 is 2. The molecule has 0 fully saturated rings. The predicted octanol–water partition coefficient (Wildman–Crippen LogP) is 1.21. The third-order valence-electron chi connectivity index (χ3n) is 2.12. The van der Waals surface area contributed by atoms with Gasteiger partial charge in [0.25, 0.3) is 5.91 Å². The molecule has 1 aromatic rings. The molecule has 1 amide bonds. The van der Waals surface area contributed by atoms with Crippen molar-refractivity contribution < 1.29 is 14.3 Å². The van der Waals surface area contributed by atoms with Gasteiger partial charge in [0.15, 0.2) is 0 Å². The average Bonchev–Trinajstić information content (AvgIpc) is 2.30. The van der Waals surface area contributed by atoms with Gasteiger partial charge in [-0.3, -0.25) is 4.79 Å². The molecule has 0 aliphatic heterocycles. The summed E-state index contributed by atoms with van der Waals surface area (Å²) in [4.78, 5) is 11.6. The van der Waals surface area contributed by atoms with Gasteiger partial charge in [0.2, 0.25) is 0 Å². The molecule has 88 valence electrons. The highest BCUT2D eigenvalue weighted by molar-refractivity contribution is 5.94. The second-order valence-electron chi connectivity index (χ2n) is 3.38. The van der Waals surface area contributed by atoms with Crippen molar-refractivity contribution >= 4 is 5.91 Å². The first-order valence-corrected chi connectivity index (χ1v) is 5.13. The van der Waals surface area contributed by atoms with Gasteiger partial charge in [0.1, 0.15) is 0 Å². The van der Waals surface area contributed by atoms with Gasteiger partial charge < -0.3 is 14.8 Å². The van der Waals surface area contributed by atoms with Gasteiger partial charge in [0, 0.05) is 26.3 Å². The second-order valence-corrected chi connectivity index (χ2v) is 3.38. The van der Waals surface area contributed by atoms with Crippen LogP contribution in [0.3, 0.4) is 0 Å². The fourth-order valence-corrected chi connectivity index (χ4v) is 1.29. The summed E-state index contributed by atoms with van der Waals surface area (Å²) in [7, 11) is 3.25. The molecule has 4 heteroatoms. The Bertz CT molecular complexity index is 322. The van der Waals surface area contributed by atoms with E-state index in [1.54, 1.807) is 26.4 Å². The first-order valence-electron chi connectivity index (χ1n) is 5.13. The monoisotopic (exact) mass is 223 g/mol.